The number of carboxylic acid groups (broad SMARTS) is 1. The maximum absolute atomic E-state index is 10.7. The van der Waals surface area contributed by atoms with E-state index in [0.717, 1.165) is 47.9 Å². The number of thiophene rings is 1. The number of halogens is 2. The van der Waals surface area contributed by atoms with Crippen molar-refractivity contribution >= 4 is 47.4 Å². The number of carboxylic acids is 1. The molecular weight excluding hydrogens is 493 g/mol. The normalized spacial score (nSPS) is 16.4. The number of carbonyl (C=O) groups is 1. The predicted octanol–water partition coefficient (Wildman–Crippen LogP) is 6.28. The molecule has 2 aromatic carbocycles. The average Bonchev–Trinajstić information content (AvgIpc) is 3.13. The third-order valence-corrected chi connectivity index (χ3v) is 6.85. The van der Waals surface area contributed by atoms with Crippen molar-refractivity contribution < 1.29 is 19.7 Å². The molecule has 1 aliphatic carbocycles. The number of benzene rings is 2. The van der Waals surface area contributed by atoms with Gasteiger partial charge in [0, 0.05) is 28.6 Å². The molecule has 34 heavy (non-hydrogen) atoms. The molecule has 3 aromatic rings. The molecular formula is C26H27Cl2NO4S. The first-order valence-electron chi connectivity index (χ1n) is 10.9. The van der Waals surface area contributed by atoms with Gasteiger partial charge in [-0.2, -0.15) is 0 Å². The van der Waals surface area contributed by atoms with Crippen molar-refractivity contribution in [2.75, 3.05) is 6.54 Å². The lowest BCUT2D eigenvalue weighted by molar-refractivity contribution is -0.131. The molecule has 0 saturated carbocycles. The predicted molar refractivity (Wildman–Crippen MR) is 140 cm³/mol. The number of aliphatic carboxylic acids is 1. The molecule has 5 nitrogen and oxygen atoms in total. The summed E-state index contributed by atoms with van der Waals surface area (Å²) in [6.45, 7) is 0.471. The third-order valence-electron chi connectivity index (χ3n) is 5.69. The van der Waals surface area contributed by atoms with Gasteiger partial charge in [-0.15, -0.1) is 12.4 Å². The minimum Gasteiger partial charge on any atom is -0.478 e. The van der Waals surface area contributed by atoms with E-state index in [-0.39, 0.29) is 18.4 Å². The number of aliphatic hydroxyl groups is 1. The number of fused-ring (bicyclic) bond motifs is 1. The summed E-state index contributed by atoms with van der Waals surface area (Å²) in [6, 6.07) is 17.5. The van der Waals surface area contributed by atoms with Gasteiger partial charge in [0.25, 0.3) is 0 Å². The molecule has 0 amide bonds. The van der Waals surface area contributed by atoms with Gasteiger partial charge in [-0.05, 0) is 84.8 Å². The van der Waals surface area contributed by atoms with E-state index in [1.807, 2.05) is 30.3 Å². The smallest absolute Gasteiger partial charge is 0.328 e. The van der Waals surface area contributed by atoms with Gasteiger partial charge in [0.05, 0.1) is 6.10 Å². The van der Waals surface area contributed by atoms with Gasteiger partial charge in [0.15, 0.2) is 5.06 Å². The second-order valence-electron chi connectivity index (χ2n) is 8.13. The molecule has 4 rings (SSSR count). The van der Waals surface area contributed by atoms with Crippen molar-refractivity contribution in [2.24, 2.45) is 0 Å². The van der Waals surface area contributed by atoms with E-state index in [0.29, 0.717) is 16.6 Å². The second kappa shape index (κ2) is 12.4. The first kappa shape index (κ1) is 26.3. The molecule has 0 saturated heterocycles. The van der Waals surface area contributed by atoms with Gasteiger partial charge in [0.2, 0.25) is 0 Å². The minimum absolute atomic E-state index is 0. The topological polar surface area (TPSA) is 78.8 Å². The van der Waals surface area contributed by atoms with Gasteiger partial charge in [-0.3, -0.25) is 0 Å². The van der Waals surface area contributed by atoms with E-state index in [9.17, 15) is 9.90 Å². The Hall–Kier alpha value is -2.35. The van der Waals surface area contributed by atoms with Crippen LogP contribution in [0.2, 0.25) is 5.02 Å². The van der Waals surface area contributed by atoms with E-state index in [1.165, 1.54) is 22.5 Å². The van der Waals surface area contributed by atoms with Crippen LogP contribution in [0, 0.1) is 0 Å². The standard InChI is InChI=1S/C26H26ClNO4S.ClH/c27-20-5-1-4-18(13-20)24(29)16-28-21-6-2-3-17-7-8-22(15-19(17)14-21)32-26-12-10-23(33-26)9-11-25(30)31;/h1,4-5,7-13,15,21,24,28-29H,2-3,6,14,16H2,(H,30,31);1H/t21-,24-;/m0./s1. The summed E-state index contributed by atoms with van der Waals surface area (Å²) in [6.07, 6.45) is 6.09. The third kappa shape index (κ3) is 7.32. The van der Waals surface area contributed by atoms with Crippen LogP contribution in [0.25, 0.3) is 6.08 Å². The highest BCUT2D eigenvalue weighted by atomic mass is 35.5. The highest BCUT2D eigenvalue weighted by molar-refractivity contribution is 7.14. The zero-order chi connectivity index (χ0) is 23.2. The van der Waals surface area contributed by atoms with Crippen molar-refractivity contribution in [3.05, 3.63) is 87.3 Å². The number of hydrogen-bond donors (Lipinski definition) is 3. The maximum Gasteiger partial charge on any atom is 0.328 e. The lowest BCUT2D eigenvalue weighted by Gasteiger charge is -2.20. The van der Waals surface area contributed by atoms with Crippen molar-refractivity contribution in [1.29, 1.82) is 0 Å². The monoisotopic (exact) mass is 519 g/mol. The van der Waals surface area contributed by atoms with E-state index < -0.39 is 12.1 Å². The lowest BCUT2D eigenvalue weighted by atomic mass is 10.0. The van der Waals surface area contributed by atoms with Crippen LogP contribution in [0.1, 0.15) is 40.5 Å². The Morgan fingerprint density at radius 3 is 2.85 bits per heavy atom. The van der Waals surface area contributed by atoms with Gasteiger partial charge in [0.1, 0.15) is 5.75 Å². The molecule has 1 aromatic heterocycles. The molecule has 0 aliphatic heterocycles. The molecule has 3 N–H and O–H groups in total. The average molecular weight is 520 g/mol. The summed E-state index contributed by atoms with van der Waals surface area (Å²) in [7, 11) is 0. The summed E-state index contributed by atoms with van der Waals surface area (Å²) in [5, 5.41) is 24.2. The molecule has 0 bridgehead atoms. The van der Waals surface area contributed by atoms with E-state index >= 15 is 0 Å². The van der Waals surface area contributed by atoms with Gasteiger partial charge < -0.3 is 20.3 Å². The van der Waals surface area contributed by atoms with E-state index in [4.69, 9.17) is 21.4 Å². The molecule has 2 atom stereocenters. The van der Waals surface area contributed by atoms with Crippen molar-refractivity contribution in [3.63, 3.8) is 0 Å². The van der Waals surface area contributed by atoms with Crippen LogP contribution in [0.3, 0.4) is 0 Å². The Morgan fingerprint density at radius 2 is 2.06 bits per heavy atom. The largest absolute Gasteiger partial charge is 0.478 e. The van der Waals surface area contributed by atoms with Crippen LogP contribution in [0.4, 0.5) is 0 Å². The summed E-state index contributed by atoms with van der Waals surface area (Å²) in [4.78, 5) is 11.5. The van der Waals surface area contributed by atoms with Crippen molar-refractivity contribution in [2.45, 2.75) is 37.8 Å². The molecule has 0 unspecified atom stereocenters. The lowest BCUT2D eigenvalue weighted by Crippen LogP contribution is -2.34. The van der Waals surface area contributed by atoms with Crippen LogP contribution in [0.15, 0.2) is 60.7 Å². The number of ether oxygens (including phenoxy) is 1. The number of nitrogens with one attached hydrogen (secondary N) is 1. The quantitative estimate of drug-likeness (QED) is 0.241. The Morgan fingerprint density at radius 1 is 1.21 bits per heavy atom. The summed E-state index contributed by atoms with van der Waals surface area (Å²) in [5.41, 5.74) is 3.40. The fourth-order valence-electron chi connectivity index (χ4n) is 4.04. The Balaban J connectivity index is 0.00000324. The summed E-state index contributed by atoms with van der Waals surface area (Å²) in [5.74, 6) is -0.205. The number of aryl methyl sites for hydroxylation is 1. The summed E-state index contributed by atoms with van der Waals surface area (Å²) >= 11 is 7.45. The molecule has 0 radical (unpaired) electrons. The maximum atomic E-state index is 10.7. The summed E-state index contributed by atoms with van der Waals surface area (Å²) < 4.78 is 6.04. The van der Waals surface area contributed by atoms with Crippen LogP contribution in [-0.4, -0.2) is 28.8 Å². The molecule has 0 fully saturated rings. The van der Waals surface area contributed by atoms with Gasteiger partial charge in [-0.1, -0.05) is 41.1 Å². The minimum atomic E-state index is -0.972. The first-order chi connectivity index (χ1) is 16.0. The van der Waals surface area contributed by atoms with Crippen molar-refractivity contribution in [3.8, 4) is 10.8 Å². The SMILES string of the molecule is Cl.O=C(O)C=Cc1ccc(Oc2ccc3c(c2)C[C@@H](NC[C@H](O)c2cccc(Cl)c2)CCC3)s1. The second-order valence-corrected chi connectivity index (χ2v) is 9.65. The highest BCUT2D eigenvalue weighted by Crippen LogP contribution is 2.32. The highest BCUT2D eigenvalue weighted by Gasteiger charge is 2.19. The molecule has 1 aliphatic rings. The molecule has 8 heteroatoms. The van der Waals surface area contributed by atoms with Crippen LogP contribution in [-0.2, 0) is 17.6 Å². The van der Waals surface area contributed by atoms with E-state index in [2.05, 4.69) is 17.4 Å². The van der Waals surface area contributed by atoms with E-state index in [1.54, 1.807) is 18.2 Å². The Bertz CT molecular complexity index is 1150. The number of hydrogen-bond acceptors (Lipinski definition) is 5. The Kier molecular flexibility index (Phi) is 9.56. The fraction of sp³-hybridized carbons (Fsp3) is 0.269. The number of aliphatic hydroxyl groups excluding tert-OH is 1. The van der Waals surface area contributed by atoms with Gasteiger partial charge >= 0.3 is 5.97 Å². The van der Waals surface area contributed by atoms with Crippen LogP contribution >= 0.6 is 35.3 Å². The van der Waals surface area contributed by atoms with Crippen LogP contribution in [0.5, 0.6) is 10.8 Å². The fourth-order valence-corrected chi connectivity index (χ4v) is 5.02. The van der Waals surface area contributed by atoms with Crippen molar-refractivity contribution in [1.82, 2.24) is 5.32 Å². The van der Waals surface area contributed by atoms with Crippen LogP contribution < -0.4 is 10.1 Å². The zero-order valence-electron chi connectivity index (χ0n) is 18.4. The Labute approximate surface area is 214 Å². The van der Waals surface area contributed by atoms with Gasteiger partial charge in [-0.25, -0.2) is 4.79 Å². The molecule has 1 heterocycles. The molecule has 0 spiro atoms. The molecule has 180 valence electrons. The zero-order valence-corrected chi connectivity index (χ0v) is 20.8. The number of rotatable bonds is 8. The first-order valence-corrected chi connectivity index (χ1v) is 12.1.